The smallest absolute Gasteiger partial charge is 0.237 e. The molecule has 2 aliphatic rings. The van der Waals surface area contributed by atoms with Gasteiger partial charge in [0.25, 0.3) is 0 Å². The number of piperidine rings is 1. The van der Waals surface area contributed by atoms with Gasteiger partial charge in [0.15, 0.2) is 5.96 Å². The molecule has 7 N–H and O–H groups in total. The zero-order valence-corrected chi connectivity index (χ0v) is 22.7. The van der Waals surface area contributed by atoms with E-state index in [9.17, 15) is 4.79 Å². The third kappa shape index (κ3) is 7.05. The summed E-state index contributed by atoms with van der Waals surface area (Å²) in [5, 5.41) is 14.2. The van der Waals surface area contributed by atoms with Gasteiger partial charge in [0.05, 0.1) is 6.04 Å². The number of amides is 1. The van der Waals surface area contributed by atoms with Gasteiger partial charge in [0, 0.05) is 55.4 Å². The molecule has 8 nitrogen and oxygen atoms in total. The molecule has 1 atom stereocenters. The number of para-hydroxylation sites is 1. The molecule has 37 heavy (non-hydrogen) atoms. The number of carbonyl (C=O) groups excluding carboxylic acids is 1. The van der Waals surface area contributed by atoms with Gasteiger partial charge in [-0.1, -0.05) is 32.0 Å². The Bertz CT molecular complexity index is 1030. The van der Waals surface area contributed by atoms with Gasteiger partial charge in [-0.3, -0.25) is 10.2 Å². The molecule has 4 rings (SSSR count). The van der Waals surface area contributed by atoms with E-state index in [4.69, 9.17) is 16.9 Å². The minimum atomic E-state index is -0.568. The Kier molecular flexibility index (Phi) is 9.49. The van der Waals surface area contributed by atoms with Crippen molar-refractivity contribution in [3.05, 3.63) is 36.0 Å². The summed E-state index contributed by atoms with van der Waals surface area (Å²) < 4.78 is 2.46. The number of nitrogens with two attached hydrogens (primary N) is 2. The van der Waals surface area contributed by atoms with Gasteiger partial charge in [-0.25, -0.2) is 0 Å². The number of aromatic nitrogens is 1. The van der Waals surface area contributed by atoms with Gasteiger partial charge in [0.2, 0.25) is 5.91 Å². The molecular formula is C29H47N7O. The van der Waals surface area contributed by atoms with Crippen molar-refractivity contribution in [1.82, 2.24) is 20.1 Å². The molecule has 0 radical (unpaired) electrons. The van der Waals surface area contributed by atoms with Crippen LogP contribution in [0.2, 0.25) is 0 Å². The average Bonchev–Trinajstić information content (AvgIpc) is 3.28. The quantitative estimate of drug-likeness (QED) is 0.190. The molecule has 204 valence electrons. The monoisotopic (exact) mass is 509 g/mol. The number of likely N-dealkylation sites (tertiary alicyclic amines) is 1. The van der Waals surface area contributed by atoms with Gasteiger partial charge < -0.3 is 31.6 Å². The fourth-order valence-electron chi connectivity index (χ4n) is 6.37. The maximum Gasteiger partial charge on any atom is 0.237 e. The van der Waals surface area contributed by atoms with Crippen LogP contribution in [0.15, 0.2) is 30.5 Å². The van der Waals surface area contributed by atoms with Crippen LogP contribution in [0, 0.1) is 17.2 Å². The topological polar surface area (TPSA) is 125 Å². The van der Waals surface area contributed by atoms with Crippen LogP contribution in [0.25, 0.3) is 10.9 Å². The van der Waals surface area contributed by atoms with E-state index in [0.717, 1.165) is 23.4 Å². The fraction of sp³-hybridized carbons (Fsp3) is 0.655. The number of hydrogen-bond donors (Lipinski definition) is 5. The van der Waals surface area contributed by atoms with E-state index in [1.807, 2.05) is 0 Å². The van der Waals surface area contributed by atoms with E-state index in [2.05, 4.69) is 64.4 Å². The van der Waals surface area contributed by atoms with E-state index in [0.29, 0.717) is 32.0 Å². The Morgan fingerprint density at radius 1 is 1.05 bits per heavy atom. The van der Waals surface area contributed by atoms with Crippen LogP contribution < -0.4 is 22.1 Å². The van der Waals surface area contributed by atoms with E-state index >= 15 is 0 Å². The van der Waals surface area contributed by atoms with Gasteiger partial charge in [-0.05, 0) is 74.8 Å². The largest absolute Gasteiger partial charge is 0.370 e. The van der Waals surface area contributed by atoms with E-state index < -0.39 is 6.04 Å². The Hall–Kier alpha value is -2.58. The summed E-state index contributed by atoms with van der Waals surface area (Å²) in [6.45, 7) is 8.12. The first-order valence-electron chi connectivity index (χ1n) is 14.3. The van der Waals surface area contributed by atoms with Gasteiger partial charge in [0.1, 0.15) is 0 Å². The number of benzene rings is 1. The predicted octanol–water partition coefficient (Wildman–Crippen LogP) is 3.70. The minimum absolute atomic E-state index is 0.0612. The van der Waals surface area contributed by atoms with Crippen LogP contribution in [-0.4, -0.2) is 53.1 Å². The Balaban J connectivity index is 1.32. The van der Waals surface area contributed by atoms with Gasteiger partial charge in [-0.2, -0.15) is 0 Å². The summed E-state index contributed by atoms with van der Waals surface area (Å²) in [6, 6.07) is 9.23. The summed E-state index contributed by atoms with van der Waals surface area (Å²) in [4.78, 5) is 15.4. The Labute approximate surface area is 222 Å². The molecule has 1 unspecified atom stereocenters. The summed E-state index contributed by atoms with van der Waals surface area (Å²) >= 11 is 0. The van der Waals surface area contributed by atoms with Crippen LogP contribution in [0.5, 0.6) is 0 Å². The predicted molar refractivity (Wildman–Crippen MR) is 151 cm³/mol. The number of hydrogen-bond acceptors (Lipinski definition) is 4. The normalized spacial score (nSPS) is 22.3. The number of fused-ring (bicyclic) bond motifs is 1. The van der Waals surface area contributed by atoms with E-state index in [1.54, 1.807) is 0 Å². The molecule has 8 heteroatoms. The van der Waals surface area contributed by atoms with Crippen LogP contribution in [-0.2, 0) is 11.3 Å². The van der Waals surface area contributed by atoms with Crippen LogP contribution in [0.4, 0.5) is 0 Å². The van der Waals surface area contributed by atoms with Crippen LogP contribution >= 0.6 is 0 Å². The van der Waals surface area contributed by atoms with Crippen molar-refractivity contribution in [2.75, 3.05) is 19.6 Å². The van der Waals surface area contributed by atoms with Gasteiger partial charge >= 0.3 is 0 Å². The number of carbonyl (C=O) groups is 1. The molecule has 2 fully saturated rings. The SMILES string of the molecule is CC(C)[C@H]1CC[C@@H](N2CCC(n3cc(CNC(=O)C(N)CCCNC(=N)N)c4ccccc43)CC2)CC1. The highest BCUT2D eigenvalue weighted by Gasteiger charge is 2.30. The van der Waals surface area contributed by atoms with Crippen molar-refractivity contribution in [2.45, 2.75) is 89.9 Å². The van der Waals surface area contributed by atoms with Crippen LogP contribution in [0.1, 0.15) is 76.8 Å². The minimum Gasteiger partial charge on any atom is -0.370 e. The summed E-state index contributed by atoms with van der Waals surface area (Å²) in [5.41, 5.74) is 13.8. The second kappa shape index (κ2) is 12.8. The lowest BCUT2D eigenvalue weighted by molar-refractivity contribution is -0.122. The van der Waals surface area contributed by atoms with E-state index in [1.165, 1.54) is 62.5 Å². The van der Waals surface area contributed by atoms with Crippen molar-refractivity contribution in [3.63, 3.8) is 0 Å². The second-order valence-electron chi connectivity index (χ2n) is 11.5. The molecule has 1 aromatic heterocycles. The first-order chi connectivity index (χ1) is 17.8. The second-order valence-corrected chi connectivity index (χ2v) is 11.5. The zero-order chi connectivity index (χ0) is 26.4. The molecule has 1 saturated heterocycles. The third-order valence-electron chi connectivity index (χ3n) is 8.71. The summed E-state index contributed by atoms with van der Waals surface area (Å²) in [5.74, 6) is 1.53. The number of nitrogens with zero attached hydrogens (tertiary/aromatic N) is 2. The lowest BCUT2D eigenvalue weighted by Crippen LogP contribution is -2.43. The molecule has 1 amide bonds. The van der Waals surface area contributed by atoms with E-state index in [-0.39, 0.29) is 11.9 Å². The summed E-state index contributed by atoms with van der Waals surface area (Å²) in [6.07, 6.45) is 11.3. The zero-order valence-electron chi connectivity index (χ0n) is 22.7. The molecule has 1 aliphatic heterocycles. The molecule has 2 heterocycles. The maximum atomic E-state index is 12.6. The molecule has 1 saturated carbocycles. The lowest BCUT2D eigenvalue weighted by Gasteiger charge is -2.42. The highest BCUT2D eigenvalue weighted by Crippen LogP contribution is 2.35. The molecule has 0 bridgehead atoms. The van der Waals surface area contributed by atoms with Crippen molar-refractivity contribution >= 4 is 22.8 Å². The average molecular weight is 510 g/mol. The molecular weight excluding hydrogens is 462 g/mol. The van der Waals surface area contributed by atoms with Crippen molar-refractivity contribution < 1.29 is 4.79 Å². The van der Waals surface area contributed by atoms with Crippen molar-refractivity contribution in [2.24, 2.45) is 23.3 Å². The number of guanidine groups is 1. The lowest BCUT2D eigenvalue weighted by atomic mass is 9.79. The third-order valence-corrected chi connectivity index (χ3v) is 8.71. The first kappa shape index (κ1) is 27.5. The Morgan fingerprint density at radius 2 is 1.76 bits per heavy atom. The Morgan fingerprint density at radius 3 is 2.43 bits per heavy atom. The first-order valence-corrected chi connectivity index (χ1v) is 14.3. The highest BCUT2D eigenvalue weighted by molar-refractivity contribution is 5.86. The van der Waals surface area contributed by atoms with Crippen molar-refractivity contribution in [1.29, 1.82) is 5.41 Å². The fourth-order valence-corrected chi connectivity index (χ4v) is 6.37. The molecule has 2 aromatic rings. The number of nitrogens with one attached hydrogen (secondary N) is 3. The molecule has 0 spiro atoms. The van der Waals surface area contributed by atoms with Crippen LogP contribution in [0.3, 0.4) is 0 Å². The van der Waals surface area contributed by atoms with Crippen molar-refractivity contribution in [3.8, 4) is 0 Å². The highest BCUT2D eigenvalue weighted by atomic mass is 16.2. The molecule has 1 aromatic carbocycles. The maximum absolute atomic E-state index is 12.6. The van der Waals surface area contributed by atoms with Gasteiger partial charge in [-0.15, -0.1) is 0 Å². The molecule has 1 aliphatic carbocycles. The summed E-state index contributed by atoms with van der Waals surface area (Å²) in [7, 11) is 0. The standard InChI is InChI=1S/C29H47N7O/c1-20(2)21-9-11-23(12-10-21)35-16-13-24(14-17-35)36-19-22(25-6-3-4-8-27(25)36)18-34-28(37)26(30)7-5-15-33-29(31)32/h3-4,6,8,19-21,23-24,26H,5,7,9-18,30H2,1-2H3,(H,34,37)(H4,31,32,33)/t21-,23+,26?. The number of rotatable bonds is 10.